The molecule has 0 unspecified atom stereocenters. The van der Waals surface area contributed by atoms with Crippen LogP contribution >= 0.6 is 0 Å². The monoisotopic (exact) mass is 206 g/mol. The van der Waals surface area contributed by atoms with Gasteiger partial charge in [-0.1, -0.05) is 6.58 Å². The molecule has 0 aliphatic carbocycles. The molecular formula is C11H18N4. The number of hydrogen-bond donors (Lipinski definition) is 1. The molecule has 0 bridgehead atoms. The SMILES string of the molecule is C=C(N)c1cnc(N(C)C(C)C)c(C)n1. The molecule has 0 atom stereocenters. The van der Waals surface area contributed by atoms with E-state index in [2.05, 4.69) is 35.3 Å². The second-order valence-electron chi connectivity index (χ2n) is 3.89. The summed E-state index contributed by atoms with van der Waals surface area (Å²) in [6.45, 7) is 9.78. The third-order valence-electron chi connectivity index (χ3n) is 2.36. The van der Waals surface area contributed by atoms with Gasteiger partial charge in [-0.2, -0.15) is 0 Å². The van der Waals surface area contributed by atoms with Crippen LogP contribution in [0.1, 0.15) is 25.2 Å². The molecule has 1 rings (SSSR count). The molecule has 1 aromatic heterocycles. The van der Waals surface area contributed by atoms with Gasteiger partial charge in [0.2, 0.25) is 0 Å². The second-order valence-corrected chi connectivity index (χ2v) is 3.89. The average molecular weight is 206 g/mol. The standard InChI is InChI=1S/C11H18N4/c1-7(2)15(5)11-9(4)14-10(6-13-11)8(3)12/h6-7H,3,12H2,1-2,4-5H3. The molecule has 2 N–H and O–H groups in total. The fraction of sp³-hybridized carbons (Fsp3) is 0.455. The number of aromatic nitrogens is 2. The van der Waals surface area contributed by atoms with Gasteiger partial charge in [0.1, 0.15) is 11.5 Å². The molecule has 0 aliphatic heterocycles. The summed E-state index contributed by atoms with van der Waals surface area (Å²) < 4.78 is 0. The molecule has 0 radical (unpaired) electrons. The van der Waals surface area contributed by atoms with Gasteiger partial charge < -0.3 is 10.6 Å². The van der Waals surface area contributed by atoms with E-state index in [1.165, 1.54) is 0 Å². The highest BCUT2D eigenvalue weighted by Crippen LogP contribution is 2.16. The fourth-order valence-corrected chi connectivity index (χ4v) is 1.22. The molecule has 82 valence electrons. The van der Waals surface area contributed by atoms with Crippen LogP contribution in [0.5, 0.6) is 0 Å². The van der Waals surface area contributed by atoms with Crippen molar-refractivity contribution >= 4 is 11.5 Å². The molecule has 0 aliphatic rings. The van der Waals surface area contributed by atoms with Gasteiger partial charge in [-0.15, -0.1) is 0 Å². The Morgan fingerprint density at radius 3 is 2.53 bits per heavy atom. The highest BCUT2D eigenvalue weighted by atomic mass is 15.2. The summed E-state index contributed by atoms with van der Waals surface area (Å²) in [7, 11) is 2.00. The highest BCUT2D eigenvalue weighted by Gasteiger charge is 2.11. The lowest BCUT2D eigenvalue weighted by atomic mass is 10.3. The Kier molecular flexibility index (Phi) is 3.29. The zero-order valence-corrected chi connectivity index (χ0v) is 9.78. The van der Waals surface area contributed by atoms with Gasteiger partial charge in [-0.25, -0.2) is 9.97 Å². The first-order valence-corrected chi connectivity index (χ1v) is 4.94. The minimum absolute atomic E-state index is 0.393. The Morgan fingerprint density at radius 1 is 1.53 bits per heavy atom. The summed E-state index contributed by atoms with van der Waals surface area (Å²) >= 11 is 0. The van der Waals surface area contributed by atoms with Gasteiger partial charge in [0.05, 0.1) is 17.6 Å². The van der Waals surface area contributed by atoms with Crippen LogP contribution in [0.2, 0.25) is 0 Å². The lowest BCUT2D eigenvalue weighted by Crippen LogP contribution is -2.27. The summed E-state index contributed by atoms with van der Waals surface area (Å²) in [5.74, 6) is 0.884. The Hall–Kier alpha value is -1.58. The van der Waals surface area contributed by atoms with Gasteiger partial charge in [0.15, 0.2) is 0 Å². The maximum Gasteiger partial charge on any atom is 0.150 e. The van der Waals surface area contributed by atoms with E-state index in [1.807, 2.05) is 14.0 Å². The van der Waals surface area contributed by atoms with Crippen molar-refractivity contribution in [3.05, 3.63) is 24.2 Å². The zero-order chi connectivity index (χ0) is 11.6. The topological polar surface area (TPSA) is 55.0 Å². The van der Waals surface area contributed by atoms with Crippen molar-refractivity contribution in [2.75, 3.05) is 11.9 Å². The van der Waals surface area contributed by atoms with Gasteiger partial charge >= 0.3 is 0 Å². The Bertz CT molecular complexity index is 371. The first kappa shape index (κ1) is 11.5. The van der Waals surface area contributed by atoms with Crippen LogP contribution in [-0.4, -0.2) is 23.1 Å². The third-order valence-corrected chi connectivity index (χ3v) is 2.36. The lowest BCUT2D eigenvalue weighted by molar-refractivity contribution is 0.736. The van der Waals surface area contributed by atoms with Crippen LogP contribution in [0.25, 0.3) is 5.70 Å². The number of hydrogen-bond acceptors (Lipinski definition) is 4. The summed E-state index contributed by atoms with van der Waals surface area (Å²) in [4.78, 5) is 10.8. The van der Waals surface area contributed by atoms with Gasteiger partial charge in [0, 0.05) is 13.1 Å². The van der Waals surface area contributed by atoms with E-state index in [0.717, 1.165) is 11.5 Å². The predicted molar refractivity (Wildman–Crippen MR) is 63.5 cm³/mol. The molecule has 0 aromatic carbocycles. The molecule has 0 saturated carbocycles. The molecule has 0 fully saturated rings. The highest BCUT2D eigenvalue weighted by molar-refractivity contribution is 5.57. The largest absolute Gasteiger partial charge is 0.397 e. The third kappa shape index (κ3) is 2.46. The van der Waals surface area contributed by atoms with E-state index < -0.39 is 0 Å². The number of aryl methyl sites for hydroxylation is 1. The van der Waals surface area contributed by atoms with E-state index >= 15 is 0 Å². The normalized spacial score (nSPS) is 10.5. The van der Waals surface area contributed by atoms with Crippen molar-refractivity contribution in [3.8, 4) is 0 Å². The quantitative estimate of drug-likeness (QED) is 0.815. The number of anilines is 1. The molecule has 0 saturated heterocycles. The first-order valence-electron chi connectivity index (χ1n) is 4.94. The van der Waals surface area contributed by atoms with Crippen LogP contribution in [0.3, 0.4) is 0 Å². The average Bonchev–Trinajstić information content (AvgIpc) is 2.16. The van der Waals surface area contributed by atoms with Gasteiger partial charge in [0.25, 0.3) is 0 Å². The van der Waals surface area contributed by atoms with Gasteiger partial charge in [-0.3, -0.25) is 0 Å². The van der Waals surface area contributed by atoms with Crippen molar-refractivity contribution in [1.29, 1.82) is 0 Å². The molecule has 0 spiro atoms. The second kappa shape index (κ2) is 4.29. The maximum absolute atomic E-state index is 5.56. The van der Waals surface area contributed by atoms with E-state index in [1.54, 1.807) is 6.20 Å². The van der Waals surface area contributed by atoms with E-state index in [9.17, 15) is 0 Å². The summed E-state index contributed by atoms with van der Waals surface area (Å²) in [6.07, 6.45) is 1.66. The molecule has 15 heavy (non-hydrogen) atoms. The number of nitrogens with zero attached hydrogens (tertiary/aromatic N) is 3. The minimum atomic E-state index is 0.393. The van der Waals surface area contributed by atoms with Crippen molar-refractivity contribution in [1.82, 2.24) is 9.97 Å². The van der Waals surface area contributed by atoms with Crippen molar-refractivity contribution in [2.45, 2.75) is 26.8 Å². The van der Waals surface area contributed by atoms with Crippen LogP contribution in [0.15, 0.2) is 12.8 Å². The van der Waals surface area contributed by atoms with Crippen LogP contribution in [-0.2, 0) is 0 Å². The predicted octanol–water partition coefficient (Wildman–Crippen LogP) is 1.56. The van der Waals surface area contributed by atoms with Crippen LogP contribution < -0.4 is 10.6 Å². The fourth-order valence-electron chi connectivity index (χ4n) is 1.22. The summed E-state index contributed by atoms with van der Waals surface area (Å²) in [5, 5.41) is 0. The van der Waals surface area contributed by atoms with E-state index in [4.69, 9.17) is 5.73 Å². The molecular weight excluding hydrogens is 188 g/mol. The van der Waals surface area contributed by atoms with Crippen molar-refractivity contribution < 1.29 is 0 Å². The number of nitrogens with two attached hydrogens (primary N) is 1. The summed E-state index contributed by atoms with van der Waals surface area (Å²) in [6, 6.07) is 0.393. The summed E-state index contributed by atoms with van der Waals surface area (Å²) in [5.41, 5.74) is 7.52. The molecule has 0 amide bonds. The minimum Gasteiger partial charge on any atom is -0.397 e. The maximum atomic E-state index is 5.56. The van der Waals surface area contributed by atoms with Crippen LogP contribution in [0.4, 0.5) is 5.82 Å². The number of rotatable bonds is 3. The van der Waals surface area contributed by atoms with Crippen molar-refractivity contribution in [3.63, 3.8) is 0 Å². The lowest BCUT2D eigenvalue weighted by Gasteiger charge is -2.23. The molecule has 1 heterocycles. The Labute approximate surface area is 90.8 Å². The van der Waals surface area contributed by atoms with Crippen LogP contribution in [0, 0.1) is 6.92 Å². The van der Waals surface area contributed by atoms with Gasteiger partial charge in [-0.05, 0) is 20.8 Å². The van der Waals surface area contributed by atoms with Crippen molar-refractivity contribution in [2.24, 2.45) is 5.73 Å². The van der Waals surface area contributed by atoms with E-state index in [-0.39, 0.29) is 0 Å². The molecule has 1 aromatic rings. The zero-order valence-electron chi connectivity index (χ0n) is 9.78. The first-order chi connectivity index (χ1) is 6.93. The Morgan fingerprint density at radius 2 is 2.13 bits per heavy atom. The molecule has 4 heteroatoms. The van der Waals surface area contributed by atoms with E-state index in [0.29, 0.717) is 17.4 Å². The Balaban J connectivity index is 3.08. The smallest absolute Gasteiger partial charge is 0.150 e. The molecule has 4 nitrogen and oxygen atoms in total.